The smallest absolute Gasteiger partial charge is 0.106 e. The van der Waals surface area contributed by atoms with Crippen LogP contribution in [0.3, 0.4) is 0 Å². The first-order chi connectivity index (χ1) is 11.8. The van der Waals surface area contributed by atoms with Crippen molar-refractivity contribution in [2.45, 2.75) is 13.0 Å². The van der Waals surface area contributed by atoms with E-state index < -0.39 is 0 Å². The monoisotopic (exact) mass is 317 g/mol. The summed E-state index contributed by atoms with van der Waals surface area (Å²) in [6, 6.07) is 22.6. The van der Waals surface area contributed by atoms with Crippen molar-refractivity contribution in [3.05, 3.63) is 72.4 Å². The average Bonchev–Trinajstić information content (AvgIpc) is 3.05. The Morgan fingerprint density at radius 2 is 1.71 bits per heavy atom. The largest absolute Gasteiger partial charge is 0.333 e. The topological polar surface area (TPSA) is 46.0 Å². The number of quaternary nitrogens is 1. The van der Waals surface area contributed by atoms with Crippen LogP contribution in [0.15, 0.2) is 66.9 Å². The molecular formula is C20H21N4+. The predicted octanol–water partition coefficient (Wildman–Crippen LogP) is 2.47. The molecule has 0 aliphatic carbocycles. The molecule has 1 unspecified atom stereocenters. The lowest BCUT2D eigenvalue weighted by molar-refractivity contribution is -0.893. The zero-order valence-electron chi connectivity index (χ0n) is 13.8. The van der Waals surface area contributed by atoms with E-state index in [2.05, 4.69) is 43.6 Å². The number of nitrogens with zero attached hydrogens (tertiary/aromatic N) is 3. The van der Waals surface area contributed by atoms with E-state index in [0.29, 0.717) is 6.42 Å². The normalized spacial score (nSPS) is 11.8. The summed E-state index contributed by atoms with van der Waals surface area (Å²) in [5.74, 6) is 0. The molecule has 1 heterocycles. The van der Waals surface area contributed by atoms with Gasteiger partial charge in [-0.2, -0.15) is 10.4 Å². The van der Waals surface area contributed by atoms with Crippen molar-refractivity contribution in [3.63, 3.8) is 0 Å². The zero-order chi connectivity index (χ0) is 16.8. The molecule has 0 aliphatic rings. The van der Waals surface area contributed by atoms with Gasteiger partial charge in [0.05, 0.1) is 37.3 Å². The molecule has 0 fully saturated rings. The second-order valence-electron chi connectivity index (χ2n) is 5.94. The lowest BCUT2D eigenvalue weighted by Gasteiger charge is -2.11. The Bertz CT molecular complexity index is 816. The van der Waals surface area contributed by atoms with E-state index in [9.17, 15) is 0 Å². The summed E-state index contributed by atoms with van der Waals surface area (Å²) >= 11 is 0. The first-order valence-electron chi connectivity index (χ1n) is 8.15. The number of hydrogen-bond donors (Lipinski definition) is 1. The highest BCUT2D eigenvalue weighted by atomic mass is 15.3. The average molecular weight is 317 g/mol. The van der Waals surface area contributed by atoms with Gasteiger partial charge in [0.1, 0.15) is 12.2 Å². The molecule has 0 spiro atoms. The van der Waals surface area contributed by atoms with Crippen molar-refractivity contribution in [2.24, 2.45) is 0 Å². The summed E-state index contributed by atoms with van der Waals surface area (Å²) in [6.07, 6.45) is 2.67. The van der Waals surface area contributed by atoms with Crippen LogP contribution in [0.5, 0.6) is 0 Å². The highest BCUT2D eigenvalue weighted by molar-refractivity contribution is 5.63. The second-order valence-corrected chi connectivity index (χ2v) is 5.94. The Hall–Kier alpha value is -2.90. The molecule has 1 N–H and O–H groups in total. The highest BCUT2D eigenvalue weighted by Crippen LogP contribution is 2.23. The van der Waals surface area contributed by atoms with Crippen LogP contribution in [0.4, 0.5) is 0 Å². The molecule has 0 saturated carbocycles. The van der Waals surface area contributed by atoms with Crippen molar-refractivity contribution >= 4 is 0 Å². The van der Waals surface area contributed by atoms with Gasteiger partial charge in [0, 0.05) is 11.8 Å². The lowest BCUT2D eigenvalue weighted by Crippen LogP contribution is -3.07. The van der Waals surface area contributed by atoms with Gasteiger partial charge in [-0.05, 0) is 12.1 Å². The summed E-state index contributed by atoms with van der Waals surface area (Å²) in [5.41, 5.74) is 4.38. The maximum atomic E-state index is 8.79. The van der Waals surface area contributed by atoms with Gasteiger partial charge in [-0.25, -0.2) is 4.68 Å². The Labute approximate surface area is 142 Å². The maximum absolute atomic E-state index is 8.79. The lowest BCUT2D eigenvalue weighted by atomic mass is 10.1. The van der Waals surface area contributed by atoms with Crippen LogP contribution in [0.1, 0.15) is 12.0 Å². The molecule has 0 saturated heterocycles. The highest BCUT2D eigenvalue weighted by Gasteiger charge is 2.15. The summed E-state index contributed by atoms with van der Waals surface area (Å²) in [6.45, 7) is 1.68. The first-order valence-corrected chi connectivity index (χ1v) is 8.15. The van der Waals surface area contributed by atoms with Gasteiger partial charge in [0.25, 0.3) is 0 Å². The molecular weight excluding hydrogens is 296 g/mol. The standard InChI is InChI=1S/C20H20N4/c1-23(14-8-13-21)15-18-16-24(19-11-6-3-7-12-19)22-20(18)17-9-4-2-5-10-17/h2-7,9-12,16H,8,14-15H2,1H3/p+1. The van der Waals surface area contributed by atoms with Crippen molar-refractivity contribution in [2.75, 3.05) is 13.6 Å². The quantitative estimate of drug-likeness (QED) is 0.759. The Morgan fingerprint density at radius 1 is 1.04 bits per heavy atom. The number of nitrogens with one attached hydrogen (secondary N) is 1. The van der Waals surface area contributed by atoms with E-state index in [1.165, 1.54) is 10.5 Å². The summed E-state index contributed by atoms with van der Waals surface area (Å²) in [5, 5.41) is 13.6. The van der Waals surface area contributed by atoms with Crippen LogP contribution in [-0.2, 0) is 6.54 Å². The van der Waals surface area contributed by atoms with Crippen molar-refractivity contribution in [1.82, 2.24) is 9.78 Å². The molecule has 120 valence electrons. The predicted molar refractivity (Wildman–Crippen MR) is 94.7 cm³/mol. The molecule has 0 bridgehead atoms. The number of benzene rings is 2. The maximum Gasteiger partial charge on any atom is 0.106 e. The van der Waals surface area contributed by atoms with Crippen molar-refractivity contribution in [3.8, 4) is 23.0 Å². The summed E-state index contributed by atoms with van der Waals surface area (Å²) in [4.78, 5) is 1.31. The fraction of sp³-hybridized carbons (Fsp3) is 0.200. The SMILES string of the molecule is C[NH+](CCC#N)Cc1cn(-c2ccccc2)nc1-c1ccccc1. The Morgan fingerprint density at radius 3 is 2.38 bits per heavy atom. The van der Waals surface area contributed by atoms with Crippen LogP contribution in [0, 0.1) is 11.3 Å². The molecule has 2 aromatic carbocycles. The third-order valence-corrected chi connectivity index (χ3v) is 4.01. The van der Waals surface area contributed by atoms with Crippen molar-refractivity contribution in [1.29, 1.82) is 5.26 Å². The van der Waals surface area contributed by atoms with E-state index in [4.69, 9.17) is 10.4 Å². The number of hydrogen-bond acceptors (Lipinski definition) is 2. The van der Waals surface area contributed by atoms with Gasteiger partial charge in [-0.3, -0.25) is 0 Å². The van der Waals surface area contributed by atoms with Crippen LogP contribution >= 0.6 is 0 Å². The van der Waals surface area contributed by atoms with E-state index in [1.807, 2.05) is 41.1 Å². The zero-order valence-corrected chi connectivity index (χ0v) is 13.8. The molecule has 3 rings (SSSR count). The number of rotatable bonds is 6. The van der Waals surface area contributed by atoms with E-state index in [0.717, 1.165) is 30.0 Å². The van der Waals surface area contributed by atoms with Crippen molar-refractivity contribution < 1.29 is 4.90 Å². The molecule has 0 amide bonds. The number of nitriles is 1. The van der Waals surface area contributed by atoms with Gasteiger partial charge in [-0.15, -0.1) is 0 Å². The molecule has 1 atom stereocenters. The summed E-state index contributed by atoms with van der Waals surface area (Å²) < 4.78 is 1.94. The molecule has 1 aromatic heterocycles. The minimum absolute atomic E-state index is 0.569. The first kappa shape index (κ1) is 16.0. The molecule has 4 nitrogen and oxygen atoms in total. The summed E-state index contributed by atoms with van der Waals surface area (Å²) in [7, 11) is 2.12. The van der Waals surface area contributed by atoms with E-state index in [1.54, 1.807) is 0 Å². The minimum Gasteiger partial charge on any atom is -0.333 e. The van der Waals surface area contributed by atoms with E-state index in [-0.39, 0.29) is 0 Å². The fourth-order valence-electron chi connectivity index (χ4n) is 2.77. The molecule has 24 heavy (non-hydrogen) atoms. The molecule has 4 heteroatoms. The Kier molecular flexibility index (Phi) is 5.05. The second kappa shape index (κ2) is 7.58. The number of aromatic nitrogens is 2. The Balaban J connectivity index is 1.96. The van der Waals surface area contributed by atoms with Crippen LogP contribution in [0.2, 0.25) is 0 Å². The molecule has 0 aliphatic heterocycles. The molecule has 3 aromatic rings. The van der Waals surface area contributed by atoms with Gasteiger partial charge in [0.15, 0.2) is 0 Å². The number of para-hydroxylation sites is 1. The van der Waals surface area contributed by atoms with Crippen LogP contribution in [0.25, 0.3) is 16.9 Å². The third kappa shape index (κ3) is 3.70. The van der Waals surface area contributed by atoms with E-state index >= 15 is 0 Å². The fourth-order valence-corrected chi connectivity index (χ4v) is 2.77. The third-order valence-electron chi connectivity index (χ3n) is 4.01. The van der Waals surface area contributed by atoms with Gasteiger partial charge < -0.3 is 4.90 Å². The van der Waals surface area contributed by atoms with Gasteiger partial charge in [-0.1, -0.05) is 48.5 Å². The van der Waals surface area contributed by atoms with Crippen LogP contribution in [-0.4, -0.2) is 23.4 Å². The molecule has 0 radical (unpaired) electrons. The minimum atomic E-state index is 0.569. The van der Waals surface area contributed by atoms with Gasteiger partial charge >= 0.3 is 0 Å². The van der Waals surface area contributed by atoms with Gasteiger partial charge in [0.2, 0.25) is 0 Å². The van der Waals surface area contributed by atoms with Crippen LogP contribution < -0.4 is 4.90 Å².